The van der Waals surface area contributed by atoms with E-state index in [1.54, 1.807) is 4.90 Å². The van der Waals surface area contributed by atoms with Crippen molar-refractivity contribution in [2.24, 2.45) is 0 Å². The van der Waals surface area contributed by atoms with Crippen molar-refractivity contribution in [3.05, 3.63) is 60.1 Å². The van der Waals surface area contributed by atoms with E-state index in [2.05, 4.69) is 40.8 Å². The maximum absolute atomic E-state index is 10.5. The van der Waals surface area contributed by atoms with E-state index in [9.17, 15) is 5.11 Å². The van der Waals surface area contributed by atoms with Crippen molar-refractivity contribution in [1.82, 2.24) is 9.97 Å². The zero-order chi connectivity index (χ0) is 19.0. The molecule has 0 radical (unpaired) electrons. The van der Waals surface area contributed by atoms with Crippen LogP contribution in [-0.2, 0) is 0 Å². The van der Waals surface area contributed by atoms with Gasteiger partial charge in [0.25, 0.3) is 0 Å². The average Bonchev–Trinajstić information content (AvgIpc) is 3.23. The van der Waals surface area contributed by atoms with Gasteiger partial charge < -0.3 is 19.9 Å². The number of nitrogens with one attached hydrogen (secondary N) is 2. The summed E-state index contributed by atoms with van der Waals surface area (Å²) in [6.07, 6.45) is 0. The lowest BCUT2D eigenvalue weighted by Crippen LogP contribution is -2.26. The van der Waals surface area contributed by atoms with Crippen molar-refractivity contribution >= 4 is 33.8 Å². The van der Waals surface area contributed by atoms with E-state index in [0.717, 1.165) is 35.5 Å². The first-order chi connectivity index (χ1) is 13.1. The van der Waals surface area contributed by atoms with Crippen molar-refractivity contribution in [2.75, 3.05) is 29.4 Å². The Morgan fingerprint density at radius 3 is 2.48 bits per heavy atom. The third-order valence-electron chi connectivity index (χ3n) is 5.02. The molecule has 1 aromatic heterocycles. The van der Waals surface area contributed by atoms with E-state index in [0.29, 0.717) is 11.4 Å². The van der Waals surface area contributed by atoms with Gasteiger partial charge in [0.15, 0.2) is 0 Å². The molecular formula is C21H23N5O. The summed E-state index contributed by atoms with van der Waals surface area (Å²) in [4.78, 5) is 11.8. The number of nitrogens with zero attached hydrogens (tertiary/aromatic N) is 3. The number of hydrogen-bond donors (Lipinski definition) is 3. The van der Waals surface area contributed by atoms with E-state index < -0.39 is 0 Å². The van der Waals surface area contributed by atoms with Crippen LogP contribution in [0, 0.1) is 5.41 Å². The first kappa shape index (κ1) is 17.1. The standard InChI is InChI=1S/C21H23N5O/c1-3-25(4-2)14-9-11-15(12-10-14)26-13-18(27)19(20(26)22)21-23-16-7-5-6-8-17(16)24-21/h5-12,22,27H,3-4,13H2,1-2H3,(H,23,24). The predicted octanol–water partition coefficient (Wildman–Crippen LogP) is 4.18. The number of aliphatic hydroxyl groups excluding tert-OH is 1. The smallest absolute Gasteiger partial charge is 0.145 e. The van der Waals surface area contributed by atoms with Crippen LogP contribution < -0.4 is 9.80 Å². The van der Waals surface area contributed by atoms with Gasteiger partial charge in [0.1, 0.15) is 17.4 Å². The number of aliphatic hydroxyl groups is 1. The highest BCUT2D eigenvalue weighted by molar-refractivity contribution is 6.30. The van der Waals surface area contributed by atoms with Gasteiger partial charge in [-0.2, -0.15) is 0 Å². The third-order valence-corrected chi connectivity index (χ3v) is 5.02. The lowest BCUT2D eigenvalue weighted by Gasteiger charge is -2.23. The summed E-state index contributed by atoms with van der Waals surface area (Å²) < 4.78 is 0. The highest BCUT2D eigenvalue weighted by Gasteiger charge is 2.31. The van der Waals surface area contributed by atoms with Gasteiger partial charge in [-0.25, -0.2) is 4.98 Å². The first-order valence-electron chi connectivity index (χ1n) is 9.21. The minimum absolute atomic E-state index is 0.159. The summed E-state index contributed by atoms with van der Waals surface area (Å²) in [7, 11) is 0. The van der Waals surface area contributed by atoms with E-state index >= 15 is 0 Å². The Morgan fingerprint density at radius 1 is 1.11 bits per heavy atom. The zero-order valence-electron chi connectivity index (χ0n) is 15.5. The molecule has 0 fully saturated rings. The number of hydrogen-bond acceptors (Lipinski definition) is 4. The quantitative estimate of drug-likeness (QED) is 0.637. The van der Waals surface area contributed by atoms with Crippen molar-refractivity contribution < 1.29 is 5.11 Å². The van der Waals surface area contributed by atoms with Crippen molar-refractivity contribution in [2.45, 2.75) is 13.8 Å². The second-order valence-electron chi connectivity index (χ2n) is 6.55. The number of anilines is 2. The van der Waals surface area contributed by atoms with Crippen LogP contribution >= 0.6 is 0 Å². The van der Waals surface area contributed by atoms with Crippen molar-refractivity contribution in [3.63, 3.8) is 0 Å². The third kappa shape index (κ3) is 2.93. The monoisotopic (exact) mass is 361 g/mol. The van der Waals surface area contributed by atoms with Gasteiger partial charge in [0.05, 0.1) is 23.2 Å². The Labute approximate surface area is 158 Å². The van der Waals surface area contributed by atoms with Crippen molar-refractivity contribution in [3.8, 4) is 0 Å². The van der Waals surface area contributed by atoms with Crippen LogP contribution in [0.4, 0.5) is 11.4 Å². The molecule has 0 amide bonds. The van der Waals surface area contributed by atoms with Crippen LogP contribution in [0.1, 0.15) is 19.7 Å². The lowest BCUT2D eigenvalue weighted by molar-refractivity contribution is 0.411. The molecule has 2 heterocycles. The number of amidine groups is 1. The largest absolute Gasteiger partial charge is 0.509 e. The second kappa shape index (κ2) is 6.79. The summed E-state index contributed by atoms with van der Waals surface area (Å²) in [5, 5.41) is 19.1. The molecule has 0 unspecified atom stereocenters. The molecule has 0 saturated heterocycles. The molecule has 1 aliphatic heterocycles. The van der Waals surface area contributed by atoms with Crippen LogP contribution in [0.5, 0.6) is 0 Å². The fourth-order valence-corrected chi connectivity index (χ4v) is 3.55. The molecule has 0 spiro atoms. The van der Waals surface area contributed by atoms with Gasteiger partial charge in [0.2, 0.25) is 0 Å². The molecule has 0 aliphatic carbocycles. The van der Waals surface area contributed by atoms with Gasteiger partial charge in [0, 0.05) is 24.5 Å². The van der Waals surface area contributed by atoms with Gasteiger partial charge in [-0.05, 0) is 50.2 Å². The zero-order valence-corrected chi connectivity index (χ0v) is 15.5. The number of rotatable bonds is 5. The molecule has 1 aliphatic rings. The van der Waals surface area contributed by atoms with E-state index in [1.165, 1.54) is 0 Å². The topological polar surface area (TPSA) is 79.2 Å². The van der Waals surface area contributed by atoms with E-state index in [1.807, 2.05) is 36.4 Å². The molecule has 0 atom stereocenters. The summed E-state index contributed by atoms with van der Waals surface area (Å²) >= 11 is 0. The highest BCUT2D eigenvalue weighted by Crippen LogP contribution is 2.31. The second-order valence-corrected chi connectivity index (χ2v) is 6.55. The molecular weight excluding hydrogens is 338 g/mol. The minimum Gasteiger partial charge on any atom is -0.509 e. The van der Waals surface area contributed by atoms with Crippen LogP contribution in [0.2, 0.25) is 0 Å². The molecule has 0 bridgehead atoms. The minimum atomic E-state index is 0.159. The molecule has 0 saturated carbocycles. The van der Waals surface area contributed by atoms with Crippen molar-refractivity contribution in [1.29, 1.82) is 5.41 Å². The molecule has 3 N–H and O–H groups in total. The van der Waals surface area contributed by atoms with E-state index in [4.69, 9.17) is 5.41 Å². The van der Waals surface area contributed by atoms with Gasteiger partial charge in [-0.3, -0.25) is 5.41 Å². The van der Waals surface area contributed by atoms with Gasteiger partial charge >= 0.3 is 0 Å². The number of H-pyrrole nitrogens is 1. The molecule has 3 aromatic rings. The van der Waals surface area contributed by atoms with Gasteiger partial charge in [-0.1, -0.05) is 12.1 Å². The Morgan fingerprint density at radius 2 is 1.81 bits per heavy atom. The highest BCUT2D eigenvalue weighted by atomic mass is 16.3. The molecule has 2 aromatic carbocycles. The first-order valence-corrected chi connectivity index (χ1v) is 9.21. The van der Waals surface area contributed by atoms with E-state index in [-0.39, 0.29) is 18.1 Å². The number of imidazole rings is 1. The normalized spacial score (nSPS) is 14.4. The fraction of sp³-hybridized carbons (Fsp3) is 0.238. The molecule has 6 heteroatoms. The van der Waals surface area contributed by atoms with Crippen LogP contribution in [0.25, 0.3) is 16.6 Å². The number of aromatic amines is 1. The molecule has 4 rings (SSSR count). The molecule has 27 heavy (non-hydrogen) atoms. The van der Waals surface area contributed by atoms with Gasteiger partial charge in [-0.15, -0.1) is 0 Å². The SMILES string of the molecule is CCN(CC)c1ccc(N2CC(O)=C(c3nc4ccccc4[nH]3)C2=N)cc1. The summed E-state index contributed by atoms with van der Waals surface area (Å²) in [6.45, 7) is 6.45. The maximum Gasteiger partial charge on any atom is 0.145 e. The number of para-hydroxylation sites is 2. The van der Waals surface area contributed by atoms with Crippen LogP contribution in [0.15, 0.2) is 54.3 Å². The Balaban J connectivity index is 1.62. The Hall–Kier alpha value is -3.28. The van der Waals surface area contributed by atoms with Crippen LogP contribution in [0.3, 0.4) is 0 Å². The number of aromatic nitrogens is 2. The average molecular weight is 361 g/mol. The fourth-order valence-electron chi connectivity index (χ4n) is 3.55. The lowest BCUT2D eigenvalue weighted by atomic mass is 10.2. The summed E-state index contributed by atoms with van der Waals surface area (Å²) in [5.74, 6) is 0.940. The Bertz CT molecular complexity index is 981. The molecule has 138 valence electrons. The Kier molecular flexibility index (Phi) is 4.32. The number of fused-ring (bicyclic) bond motifs is 1. The molecule has 6 nitrogen and oxygen atoms in total. The summed E-state index contributed by atoms with van der Waals surface area (Å²) in [6, 6.07) is 15.8. The van der Waals surface area contributed by atoms with Crippen LogP contribution in [-0.4, -0.2) is 40.5 Å². The summed E-state index contributed by atoms with van der Waals surface area (Å²) in [5.41, 5.74) is 4.21. The predicted molar refractivity (Wildman–Crippen MR) is 111 cm³/mol. The maximum atomic E-state index is 10.5. The number of benzene rings is 2.